The Hall–Kier alpha value is -1.64. The molecule has 4 atom stereocenters. The number of benzene rings is 1. The van der Waals surface area contributed by atoms with E-state index >= 15 is 0 Å². The van der Waals surface area contributed by atoms with E-state index in [0.717, 1.165) is 0 Å². The molecule has 0 spiro atoms. The van der Waals surface area contributed by atoms with Crippen LogP contribution in [0, 0.1) is 5.92 Å². The average Bonchev–Trinajstić information content (AvgIpc) is 3.17. The van der Waals surface area contributed by atoms with Gasteiger partial charge in [-0.1, -0.05) is 60.2 Å². The molecular weight excluding hydrogens is 292 g/mol. The summed E-state index contributed by atoms with van der Waals surface area (Å²) < 4.78 is 0. The molecule has 112 valence electrons. The van der Waals surface area contributed by atoms with Gasteiger partial charge in [0.25, 0.3) is 0 Å². The molecule has 2 nitrogen and oxygen atoms in total. The van der Waals surface area contributed by atoms with E-state index in [0.29, 0.717) is 29.2 Å². The summed E-state index contributed by atoms with van der Waals surface area (Å²) in [6, 6.07) is 16.1. The van der Waals surface area contributed by atoms with Crippen molar-refractivity contribution in [1.82, 2.24) is 9.88 Å². The molecule has 0 saturated carbocycles. The molecule has 1 aliphatic carbocycles. The van der Waals surface area contributed by atoms with E-state index in [2.05, 4.69) is 65.4 Å². The number of aromatic nitrogens is 1. The summed E-state index contributed by atoms with van der Waals surface area (Å²) in [4.78, 5) is 6.92. The molecule has 2 aliphatic rings. The highest BCUT2D eigenvalue weighted by Gasteiger charge is 2.45. The van der Waals surface area contributed by atoms with E-state index in [4.69, 9.17) is 11.6 Å². The average molecular weight is 311 g/mol. The van der Waals surface area contributed by atoms with E-state index in [1.807, 2.05) is 12.3 Å². The van der Waals surface area contributed by atoms with E-state index in [1.54, 1.807) is 0 Å². The van der Waals surface area contributed by atoms with Crippen molar-refractivity contribution in [1.29, 1.82) is 0 Å². The number of likely N-dealkylation sites (tertiary alicyclic amines) is 1. The molecular formula is C19H19ClN2. The first-order chi connectivity index (χ1) is 10.7. The Kier molecular flexibility index (Phi) is 3.51. The molecule has 1 aromatic heterocycles. The van der Waals surface area contributed by atoms with Crippen LogP contribution in [-0.4, -0.2) is 15.9 Å². The molecule has 2 bridgehead atoms. The minimum atomic E-state index is 0.391. The van der Waals surface area contributed by atoms with Gasteiger partial charge in [-0.05, 0) is 36.5 Å². The highest BCUT2D eigenvalue weighted by molar-refractivity contribution is 6.29. The van der Waals surface area contributed by atoms with Gasteiger partial charge < -0.3 is 0 Å². The van der Waals surface area contributed by atoms with Gasteiger partial charge in [-0.3, -0.25) is 4.90 Å². The van der Waals surface area contributed by atoms with Crippen molar-refractivity contribution in [2.45, 2.75) is 31.5 Å². The third-order valence-corrected chi connectivity index (χ3v) is 5.25. The molecule has 4 rings (SSSR count). The number of pyridine rings is 1. The molecule has 2 aromatic rings. The summed E-state index contributed by atoms with van der Waals surface area (Å²) in [5.41, 5.74) is 2.64. The normalized spacial score (nSPS) is 28.2. The first-order valence-corrected chi connectivity index (χ1v) is 8.24. The molecule has 1 aliphatic heterocycles. The van der Waals surface area contributed by atoms with Gasteiger partial charge in [0.2, 0.25) is 0 Å². The number of hydrogen-bond acceptors (Lipinski definition) is 2. The van der Waals surface area contributed by atoms with Crippen LogP contribution in [-0.2, 0) is 0 Å². The highest BCUT2D eigenvalue weighted by Crippen LogP contribution is 2.50. The smallest absolute Gasteiger partial charge is 0.129 e. The summed E-state index contributed by atoms with van der Waals surface area (Å²) in [6.45, 7) is 2.31. The number of hydrogen-bond donors (Lipinski definition) is 0. The third-order valence-electron chi connectivity index (χ3n) is 5.02. The molecule has 3 heteroatoms. The van der Waals surface area contributed by atoms with Crippen LogP contribution in [0.1, 0.15) is 36.6 Å². The Morgan fingerprint density at radius 3 is 2.68 bits per heavy atom. The third kappa shape index (κ3) is 2.27. The number of fused-ring (bicyclic) bond motifs is 2. The largest absolute Gasteiger partial charge is 0.283 e. The second kappa shape index (κ2) is 5.53. The second-order valence-electron chi connectivity index (χ2n) is 6.24. The van der Waals surface area contributed by atoms with Gasteiger partial charge in [0.1, 0.15) is 5.15 Å². The summed E-state index contributed by atoms with van der Waals surface area (Å²) >= 11 is 5.95. The van der Waals surface area contributed by atoms with Crippen LogP contribution in [0.2, 0.25) is 5.15 Å². The van der Waals surface area contributed by atoms with Crippen LogP contribution in [0.4, 0.5) is 0 Å². The fraction of sp³-hybridized carbons (Fsp3) is 0.316. The zero-order valence-electron chi connectivity index (χ0n) is 12.6. The predicted octanol–water partition coefficient (Wildman–Crippen LogP) is 4.80. The SMILES string of the molecule is C[C@@H](c1ccccc1)N1[C@H]2C=C[C@H](C2)[C@@H]1c1ccc(Cl)nc1. The topological polar surface area (TPSA) is 16.1 Å². The van der Waals surface area contributed by atoms with Crippen molar-refractivity contribution in [2.24, 2.45) is 5.92 Å². The van der Waals surface area contributed by atoms with Crippen molar-refractivity contribution >= 4 is 11.6 Å². The molecule has 22 heavy (non-hydrogen) atoms. The zero-order valence-corrected chi connectivity index (χ0v) is 13.3. The van der Waals surface area contributed by atoms with Crippen LogP contribution in [0.3, 0.4) is 0 Å². The lowest BCUT2D eigenvalue weighted by molar-refractivity contribution is 0.145. The first kappa shape index (κ1) is 14.0. The molecule has 1 saturated heterocycles. The minimum absolute atomic E-state index is 0.391. The van der Waals surface area contributed by atoms with Gasteiger partial charge in [-0.15, -0.1) is 0 Å². The molecule has 0 N–H and O–H groups in total. The van der Waals surface area contributed by atoms with Crippen molar-refractivity contribution < 1.29 is 0 Å². The van der Waals surface area contributed by atoms with Crippen LogP contribution in [0.25, 0.3) is 0 Å². The van der Waals surface area contributed by atoms with Gasteiger partial charge >= 0.3 is 0 Å². The standard InChI is InChI=1S/C19H19ClN2/c1-13(14-5-3-2-4-6-14)22-17-9-7-15(11-17)19(22)16-8-10-18(20)21-12-16/h2-10,12-13,15,17,19H,11H2,1H3/t13-,15+,17-,19+/m0/s1. The molecule has 2 heterocycles. The fourth-order valence-corrected chi connectivity index (χ4v) is 4.11. The summed E-state index contributed by atoms with van der Waals surface area (Å²) in [7, 11) is 0. The molecule has 1 fully saturated rings. The number of halogens is 1. The zero-order chi connectivity index (χ0) is 15.1. The maximum atomic E-state index is 5.95. The lowest BCUT2D eigenvalue weighted by atomic mass is 9.94. The highest BCUT2D eigenvalue weighted by atomic mass is 35.5. The first-order valence-electron chi connectivity index (χ1n) is 7.86. The molecule has 0 amide bonds. The van der Waals surface area contributed by atoms with Crippen LogP contribution >= 0.6 is 11.6 Å². The second-order valence-corrected chi connectivity index (χ2v) is 6.63. The maximum Gasteiger partial charge on any atom is 0.129 e. The summed E-state index contributed by atoms with van der Waals surface area (Å²) in [5.74, 6) is 0.583. The van der Waals surface area contributed by atoms with Gasteiger partial charge in [0.15, 0.2) is 0 Å². The Balaban J connectivity index is 1.70. The van der Waals surface area contributed by atoms with Gasteiger partial charge in [-0.2, -0.15) is 0 Å². The predicted molar refractivity (Wildman–Crippen MR) is 89.7 cm³/mol. The summed E-state index contributed by atoms with van der Waals surface area (Å²) in [6.07, 6.45) is 7.89. The number of rotatable bonds is 3. The van der Waals surface area contributed by atoms with Crippen LogP contribution in [0.5, 0.6) is 0 Å². The Labute approximate surface area is 136 Å². The quantitative estimate of drug-likeness (QED) is 0.598. The summed E-state index contributed by atoms with van der Waals surface area (Å²) in [5, 5.41) is 0.560. The van der Waals surface area contributed by atoms with E-state index in [-0.39, 0.29) is 0 Å². The van der Waals surface area contributed by atoms with Crippen LogP contribution in [0.15, 0.2) is 60.8 Å². The molecule has 0 radical (unpaired) electrons. The molecule has 0 unspecified atom stereocenters. The van der Waals surface area contributed by atoms with Crippen molar-refractivity contribution in [3.63, 3.8) is 0 Å². The number of nitrogens with zero attached hydrogens (tertiary/aromatic N) is 2. The maximum absolute atomic E-state index is 5.95. The van der Waals surface area contributed by atoms with E-state index < -0.39 is 0 Å². The van der Waals surface area contributed by atoms with Crippen molar-refractivity contribution in [2.75, 3.05) is 0 Å². The van der Waals surface area contributed by atoms with Crippen molar-refractivity contribution in [3.8, 4) is 0 Å². The van der Waals surface area contributed by atoms with Gasteiger partial charge in [0.05, 0.1) is 0 Å². The van der Waals surface area contributed by atoms with E-state index in [1.165, 1.54) is 17.5 Å². The fourth-order valence-electron chi connectivity index (χ4n) is 4.00. The van der Waals surface area contributed by atoms with E-state index in [9.17, 15) is 0 Å². The lowest BCUT2D eigenvalue weighted by Crippen LogP contribution is -2.35. The van der Waals surface area contributed by atoms with Crippen molar-refractivity contribution in [3.05, 3.63) is 77.1 Å². The van der Waals surface area contributed by atoms with Crippen LogP contribution < -0.4 is 0 Å². The monoisotopic (exact) mass is 310 g/mol. The minimum Gasteiger partial charge on any atom is -0.283 e. The van der Waals surface area contributed by atoms with Gasteiger partial charge in [0, 0.05) is 24.3 Å². The molecule has 1 aromatic carbocycles. The lowest BCUT2D eigenvalue weighted by Gasteiger charge is -2.37. The van der Waals surface area contributed by atoms with Gasteiger partial charge in [-0.25, -0.2) is 4.98 Å². The Morgan fingerprint density at radius 2 is 1.95 bits per heavy atom. The Bertz CT molecular complexity index is 680. The Morgan fingerprint density at radius 1 is 1.14 bits per heavy atom.